The molecule has 1 N–H and O–H groups in total. The zero-order chi connectivity index (χ0) is 19.9. The van der Waals surface area contributed by atoms with Crippen LogP contribution >= 0.6 is 0 Å². The van der Waals surface area contributed by atoms with Crippen molar-refractivity contribution in [1.82, 2.24) is 0 Å². The number of rotatable bonds is 8. The number of unbranched alkanes of at least 4 members (excludes halogenated alkanes) is 2. The van der Waals surface area contributed by atoms with E-state index < -0.39 is 0 Å². The van der Waals surface area contributed by atoms with Crippen LogP contribution in [0.5, 0.6) is 5.75 Å². The van der Waals surface area contributed by atoms with Crippen molar-refractivity contribution in [3.8, 4) is 5.75 Å². The third-order valence-electron chi connectivity index (χ3n) is 7.66. The van der Waals surface area contributed by atoms with Gasteiger partial charge in [0.1, 0.15) is 5.75 Å². The van der Waals surface area contributed by atoms with Gasteiger partial charge in [-0.2, -0.15) is 0 Å². The van der Waals surface area contributed by atoms with Crippen LogP contribution in [0.4, 0.5) is 0 Å². The lowest BCUT2D eigenvalue weighted by atomic mass is 9.68. The van der Waals surface area contributed by atoms with Crippen LogP contribution in [0.25, 0.3) is 0 Å². The number of hydrogen-bond acceptors (Lipinski definition) is 2. The summed E-state index contributed by atoms with van der Waals surface area (Å²) in [4.78, 5) is 11.9. The molecule has 0 aliphatic heterocycles. The van der Waals surface area contributed by atoms with Crippen molar-refractivity contribution < 1.29 is 9.90 Å². The van der Waals surface area contributed by atoms with Gasteiger partial charge in [-0.3, -0.25) is 4.79 Å². The largest absolute Gasteiger partial charge is 0.507 e. The van der Waals surface area contributed by atoms with Crippen LogP contribution in [-0.4, -0.2) is 10.9 Å². The number of phenols is 1. The molecule has 0 heterocycles. The lowest BCUT2D eigenvalue weighted by molar-refractivity contribution is 0.0985. The number of carbonyl (C=O) groups excluding carboxylic acids is 1. The number of benzene rings is 1. The summed E-state index contributed by atoms with van der Waals surface area (Å²) >= 11 is 0. The SMILES string of the molecule is CCCCCC1CCC(C2CCC(c3ccc(C(=O)CC)c(O)c3)CC2)CC1. The molecule has 0 spiro atoms. The summed E-state index contributed by atoms with van der Waals surface area (Å²) in [5.41, 5.74) is 1.71. The minimum atomic E-state index is 0.0260. The van der Waals surface area contributed by atoms with Gasteiger partial charge in [0, 0.05) is 6.42 Å². The predicted octanol–water partition coefficient (Wildman–Crippen LogP) is 7.65. The summed E-state index contributed by atoms with van der Waals surface area (Å²) < 4.78 is 0. The van der Waals surface area contributed by atoms with Crippen molar-refractivity contribution in [2.75, 3.05) is 0 Å². The van der Waals surface area contributed by atoms with E-state index in [2.05, 4.69) is 13.0 Å². The van der Waals surface area contributed by atoms with Crippen LogP contribution in [0.15, 0.2) is 18.2 Å². The Labute approximate surface area is 172 Å². The highest BCUT2D eigenvalue weighted by molar-refractivity contribution is 5.98. The first-order valence-corrected chi connectivity index (χ1v) is 12.0. The van der Waals surface area contributed by atoms with E-state index in [1.54, 1.807) is 0 Å². The average Bonchev–Trinajstić information content (AvgIpc) is 2.74. The van der Waals surface area contributed by atoms with Crippen molar-refractivity contribution in [2.45, 2.75) is 103 Å². The fourth-order valence-corrected chi connectivity index (χ4v) is 5.78. The van der Waals surface area contributed by atoms with Gasteiger partial charge in [-0.15, -0.1) is 0 Å². The third kappa shape index (κ3) is 5.39. The normalized spacial score (nSPS) is 28.2. The minimum absolute atomic E-state index is 0.0260. The molecule has 0 saturated heterocycles. The van der Waals surface area contributed by atoms with Gasteiger partial charge < -0.3 is 5.11 Å². The Morgan fingerprint density at radius 3 is 2.14 bits per heavy atom. The van der Waals surface area contributed by atoms with E-state index in [-0.39, 0.29) is 11.5 Å². The Balaban J connectivity index is 1.46. The van der Waals surface area contributed by atoms with Crippen LogP contribution in [0.3, 0.4) is 0 Å². The lowest BCUT2D eigenvalue weighted by Crippen LogP contribution is -2.25. The van der Waals surface area contributed by atoms with Crippen molar-refractivity contribution >= 4 is 5.78 Å². The highest BCUT2D eigenvalue weighted by Crippen LogP contribution is 2.45. The smallest absolute Gasteiger partial charge is 0.166 e. The average molecular weight is 385 g/mol. The maximum absolute atomic E-state index is 11.9. The standard InChI is InChI=1S/C26H40O2/c1-3-5-6-7-19-8-10-20(11-9-19)21-12-14-22(15-13-21)23-16-17-24(25(27)4-2)26(28)18-23/h16-22,28H,3-15H2,1-2H3. The molecule has 2 aliphatic rings. The second kappa shape index (κ2) is 10.5. The van der Waals surface area contributed by atoms with E-state index in [4.69, 9.17) is 0 Å². The van der Waals surface area contributed by atoms with Crippen molar-refractivity contribution in [3.63, 3.8) is 0 Å². The molecule has 28 heavy (non-hydrogen) atoms. The summed E-state index contributed by atoms with van der Waals surface area (Å²) in [5, 5.41) is 10.3. The Morgan fingerprint density at radius 1 is 0.929 bits per heavy atom. The lowest BCUT2D eigenvalue weighted by Gasteiger charge is -2.38. The first kappa shape index (κ1) is 21.4. The summed E-state index contributed by atoms with van der Waals surface area (Å²) in [6.07, 6.45) is 17.1. The maximum Gasteiger partial charge on any atom is 0.166 e. The van der Waals surface area contributed by atoms with Crippen molar-refractivity contribution in [3.05, 3.63) is 29.3 Å². The summed E-state index contributed by atoms with van der Waals surface area (Å²) in [7, 11) is 0. The Hall–Kier alpha value is -1.31. The third-order valence-corrected chi connectivity index (χ3v) is 7.66. The van der Waals surface area contributed by atoms with Gasteiger partial charge in [0.15, 0.2) is 5.78 Å². The maximum atomic E-state index is 11.9. The molecular weight excluding hydrogens is 344 g/mol. The number of ketones is 1. The van der Waals surface area contributed by atoms with E-state index in [1.807, 2.05) is 19.1 Å². The Kier molecular flexibility index (Phi) is 8.00. The van der Waals surface area contributed by atoms with Crippen molar-refractivity contribution in [2.24, 2.45) is 17.8 Å². The topological polar surface area (TPSA) is 37.3 Å². The quantitative estimate of drug-likeness (QED) is 0.369. The molecule has 1 aromatic carbocycles. The monoisotopic (exact) mass is 384 g/mol. The highest BCUT2D eigenvalue weighted by atomic mass is 16.3. The highest BCUT2D eigenvalue weighted by Gasteiger charge is 2.31. The van der Waals surface area contributed by atoms with Gasteiger partial charge in [-0.25, -0.2) is 0 Å². The summed E-state index contributed by atoms with van der Waals surface area (Å²) in [6.45, 7) is 4.14. The zero-order valence-corrected chi connectivity index (χ0v) is 18.1. The number of Topliss-reactive ketones (excluding diaryl/α,β-unsaturated/α-hetero) is 1. The fourth-order valence-electron chi connectivity index (χ4n) is 5.78. The van der Waals surface area contributed by atoms with Gasteiger partial charge in [0.05, 0.1) is 5.56 Å². The van der Waals surface area contributed by atoms with Crippen molar-refractivity contribution in [1.29, 1.82) is 0 Å². The van der Waals surface area contributed by atoms with Gasteiger partial charge in [0.2, 0.25) is 0 Å². The minimum Gasteiger partial charge on any atom is -0.507 e. The molecule has 0 aromatic heterocycles. The van der Waals surface area contributed by atoms with Crippen LogP contribution in [-0.2, 0) is 0 Å². The van der Waals surface area contributed by atoms with E-state index >= 15 is 0 Å². The Bertz CT molecular complexity index is 619. The molecule has 0 atom stereocenters. The molecular formula is C26H40O2. The van der Waals surface area contributed by atoms with E-state index in [1.165, 1.54) is 82.6 Å². The summed E-state index contributed by atoms with van der Waals surface area (Å²) in [5.74, 6) is 3.64. The number of carbonyl (C=O) groups is 1. The van der Waals surface area contributed by atoms with E-state index in [0.29, 0.717) is 17.9 Å². The fraction of sp³-hybridized carbons (Fsp3) is 0.731. The molecule has 156 valence electrons. The first-order valence-electron chi connectivity index (χ1n) is 12.0. The molecule has 0 unspecified atom stereocenters. The van der Waals surface area contributed by atoms with Gasteiger partial charge >= 0.3 is 0 Å². The van der Waals surface area contributed by atoms with Gasteiger partial charge in [-0.05, 0) is 79.9 Å². The van der Waals surface area contributed by atoms with Crippen LogP contribution in [0.1, 0.15) is 119 Å². The Morgan fingerprint density at radius 2 is 1.57 bits per heavy atom. The molecule has 2 fully saturated rings. The second-order valence-electron chi connectivity index (χ2n) is 9.44. The molecule has 0 bridgehead atoms. The summed E-state index contributed by atoms with van der Waals surface area (Å²) in [6, 6.07) is 5.77. The second-order valence-corrected chi connectivity index (χ2v) is 9.44. The van der Waals surface area contributed by atoms with E-state index in [9.17, 15) is 9.90 Å². The molecule has 0 radical (unpaired) electrons. The molecule has 2 heteroatoms. The first-order chi connectivity index (χ1) is 13.6. The molecule has 2 nitrogen and oxygen atoms in total. The molecule has 2 aliphatic carbocycles. The number of phenolic OH excluding ortho intramolecular Hbond substituents is 1. The number of hydrogen-bond donors (Lipinski definition) is 1. The van der Waals surface area contributed by atoms with Gasteiger partial charge in [-0.1, -0.05) is 58.4 Å². The number of aromatic hydroxyl groups is 1. The van der Waals surface area contributed by atoms with Gasteiger partial charge in [0.25, 0.3) is 0 Å². The molecule has 3 rings (SSSR count). The van der Waals surface area contributed by atoms with Crippen LogP contribution in [0.2, 0.25) is 0 Å². The molecule has 2 saturated carbocycles. The van der Waals surface area contributed by atoms with Crippen LogP contribution < -0.4 is 0 Å². The predicted molar refractivity (Wildman–Crippen MR) is 117 cm³/mol. The van der Waals surface area contributed by atoms with E-state index in [0.717, 1.165) is 17.8 Å². The zero-order valence-electron chi connectivity index (χ0n) is 18.1. The van der Waals surface area contributed by atoms with Crippen LogP contribution in [0, 0.1) is 17.8 Å². The molecule has 1 aromatic rings. The molecule has 0 amide bonds.